The Morgan fingerprint density at radius 3 is 2.29 bits per heavy atom. The van der Waals surface area contributed by atoms with E-state index in [0.717, 1.165) is 6.54 Å². The Hall–Kier alpha value is -0.570. The van der Waals surface area contributed by atoms with Crippen molar-refractivity contribution >= 4 is 5.91 Å². The van der Waals surface area contributed by atoms with Crippen molar-refractivity contribution < 1.29 is 4.79 Å². The van der Waals surface area contributed by atoms with E-state index in [9.17, 15) is 4.79 Å². The predicted molar refractivity (Wildman–Crippen MR) is 69.9 cm³/mol. The summed E-state index contributed by atoms with van der Waals surface area (Å²) in [7, 11) is 0. The molecule has 1 aliphatic carbocycles. The standard InChI is InChI=1S/C14H26N2O/c17-14(9-12-16-10-5-6-11-16)15-13-7-3-1-2-4-8-13/h13H,1-12H2,(H,15,17). The molecule has 1 amide bonds. The lowest BCUT2D eigenvalue weighted by molar-refractivity contribution is -0.122. The van der Waals surface area contributed by atoms with Crippen LogP contribution in [0.15, 0.2) is 0 Å². The monoisotopic (exact) mass is 238 g/mol. The van der Waals surface area contributed by atoms with Gasteiger partial charge in [0.2, 0.25) is 5.91 Å². The Bertz CT molecular complexity index is 228. The fraction of sp³-hybridized carbons (Fsp3) is 0.929. The average molecular weight is 238 g/mol. The minimum atomic E-state index is 0.267. The molecule has 98 valence electrons. The summed E-state index contributed by atoms with van der Waals surface area (Å²) in [5.41, 5.74) is 0. The number of rotatable bonds is 4. The Morgan fingerprint density at radius 2 is 1.65 bits per heavy atom. The lowest BCUT2D eigenvalue weighted by Crippen LogP contribution is -2.36. The van der Waals surface area contributed by atoms with Gasteiger partial charge in [-0.3, -0.25) is 4.79 Å². The highest BCUT2D eigenvalue weighted by atomic mass is 16.1. The van der Waals surface area contributed by atoms with Crippen LogP contribution in [0.25, 0.3) is 0 Å². The highest BCUT2D eigenvalue weighted by Crippen LogP contribution is 2.17. The molecule has 0 bridgehead atoms. The molecule has 0 aromatic heterocycles. The van der Waals surface area contributed by atoms with E-state index in [0.29, 0.717) is 12.5 Å². The molecular weight excluding hydrogens is 212 g/mol. The van der Waals surface area contributed by atoms with Crippen molar-refractivity contribution in [3.63, 3.8) is 0 Å². The smallest absolute Gasteiger partial charge is 0.221 e. The largest absolute Gasteiger partial charge is 0.353 e. The quantitative estimate of drug-likeness (QED) is 0.762. The Kier molecular flexibility index (Phi) is 5.30. The molecule has 1 N–H and O–H groups in total. The number of hydrogen-bond donors (Lipinski definition) is 1. The predicted octanol–water partition coefficient (Wildman–Crippen LogP) is 2.31. The summed E-state index contributed by atoms with van der Waals surface area (Å²) in [6.07, 6.45) is 11.0. The highest BCUT2D eigenvalue weighted by Gasteiger charge is 2.16. The van der Waals surface area contributed by atoms with Crippen molar-refractivity contribution in [1.82, 2.24) is 10.2 Å². The van der Waals surface area contributed by atoms with Gasteiger partial charge in [-0.25, -0.2) is 0 Å². The number of likely N-dealkylation sites (tertiary alicyclic amines) is 1. The SMILES string of the molecule is O=C(CCN1CCCC1)NC1CCCCCC1. The van der Waals surface area contributed by atoms with E-state index >= 15 is 0 Å². The van der Waals surface area contributed by atoms with E-state index in [-0.39, 0.29) is 5.91 Å². The third kappa shape index (κ3) is 4.66. The minimum absolute atomic E-state index is 0.267. The summed E-state index contributed by atoms with van der Waals surface area (Å²) < 4.78 is 0. The van der Waals surface area contributed by atoms with Crippen LogP contribution in [0, 0.1) is 0 Å². The molecule has 0 aromatic rings. The molecule has 2 rings (SSSR count). The molecule has 0 atom stereocenters. The van der Waals surface area contributed by atoms with Crippen LogP contribution in [0.5, 0.6) is 0 Å². The third-order valence-corrected chi connectivity index (χ3v) is 4.07. The second kappa shape index (κ2) is 7.00. The minimum Gasteiger partial charge on any atom is -0.353 e. The van der Waals surface area contributed by atoms with Gasteiger partial charge in [0.1, 0.15) is 0 Å². The first-order valence-electron chi connectivity index (χ1n) is 7.36. The van der Waals surface area contributed by atoms with Gasteiger partial charge in [-0.1, -0.05) is 25.7 Å². The molecule has 3 nitrogen and oxygen atoms in total. The molecule has 2 fully saturated rings. The molecule has 3 heteroatoms. The van der Waals surface area contributed by atoms with Crippen LogP contribution < -0.4 is 5.32 Å². The van der Waals surface area contributed by atoms with Gasteiger partial charge in [0, 0.05) is 19.0 Å². The second-order valence-electron chi connectivity index (χ2n) is 5.55. The van der Waals surface area contributed by atoms with Crippen molar-refractivity contribution in [2.24, 2.45) is 0 Å². The summed E-state index contributed by atoms with van der Waals surface area (Å²) in [5, 5.41) is 3.22. The first-order chi connectivity index (χ1) is 8.34. The van der Waals surface area contributed by atoms with Gasteiger partial charge < -0.3 is 10.2 Å². The summed E-state index contributed by atoms with van der Waals surface area (Å²) >= 11 is 0. The first kappa shape index (κ1) is 12.9. The number of carbonyl (C=O) groups excluding carboxylic acids is 1. The number of carbonyl (C=O) groups is 1. The van der Waals surface area contributed by atoms with Crippen LogP contribution in [-0.4, -0.2) is 36.5 Å². The molecular formula is C14H26N2O. The average Bonchev–Trinajstić information content (AvgIpc) is 2.72. The molecule has 1 heterocycles. The number of hydrogen-bond acceptors (Lipinski definition) is 2. The van der Waals surface area contributed by atoms with Crippen LogP contribution in [-0.2, 0) is 4.79 Å². The molecule has 1 saturated carbocycles. The molecule has 17 heavy (non-hydrogen) atoms. The molecule has 0 radical (unpaired) electrons. The van der Waals surface area contributed by atoms with E-state index < -0.39 is 0 Å². The molecule has 0 unspecified atom stereocenters. The van der Waals surface area contributed by atoms with Gasteiger partial charge in [0.05, 0.1) is 0 Å². The van der Waals surface area contributed by atoms with E-state index in [2.05, 4.69) is 10.2 Å². The Labute approximate surface area is 105 Å². The van der Waals surface area contributed by atoms with Crippen molar-refractivity contribution in [1.29, 1.82) is 0 Å². The van der Waals surface area contributed by atoms with Crippen molar-refractivity contribution in [2.45, 2.75) is 63.8 Å². The molecule has 0 aromatic carbocycles. The molecule has 1 aliphatic heterocycles. The zero-order valence-corrected chi connectivity index (χ0v) is 10.9. The van der Waals surface area contributed by atoms with Gasteiger partial charge in [0.25, 0.3) is 0 Å². The summed E-state index contributed by atoms with van der Waals surface area (Å²) in [6.45, 7) is 3.34. The van der Waals surface area contributed by atoms with Crippen LogP contribution >= 0.6 is 0 Å². The summed E-state index contributed by atoms with van der Waals surface area (Å²) in [5.74, 6) is 0.267. The lowest BCUT2D eigenvalue weighted by atomic mass is 10.1. The van der Waals surface area contributed by atoms with E-state index in [1.54, 1.807) is 0 Å². The number of amides is 1. The highest BCUT2D eigenvalue weighted by molar-refractivity contribution is 5.76. The topological polar surface area (TPSA) is 32.3 Å². The van der Waals surface area contributed by atoms with Crippen molar-refractivity contribution in [3.8, 4) is 0 Å². The molecule has 1 saturated heterocycles. The van der Waals surface area contributed by atoms with Crippen LogP contribution in [0.3, 0.4) is 0 Å². The van der Waals surface area contributed by atoms with Crippen LogP contribution in [0.1, 0.15) is 57.8 Å². The molecule has 2 aliphatic rings. The lowest BCUT2D eigenvalue weighted by Gasteiger charge is -2.18. The maximum atomic E-state index is 11.8. The maximum Gasteiger partial charge on any atom is 0.221 e. The fourth-order valence-electron chi connectivity index (χ4n) is 2.99. The van der Waals surface area contributed by atoms with Gasteiger partial charge in [-0.15, -0.1) is 0 Å². The van der Waals surface area contributed by atoms with Gasteiger partial charge in [0.15, 0.2) is 0 Å². The zero-order valence-electron chi connectivity index (χ0n) is 10.9. The number of nitrogens with one attached hydrogen (secondary N) is 1. The van der Waals surface area contributed by atoms with Crippen molar-refractivity contribution in [2.75, 3.05) is 19.6 Å². The Balaban J connectivity index is 1.61. The van der Waals surface area contributed by atoms with E-state index in [1.165, 1.54) is 64.5 Å². The van der Waals surface area contributed by atoms with E-state index in [1.807, 2.05) is 0 Å². The summed E-state index contributed by atoms with van der Waals surface area (Å²) in [6, 6.07) is 0.462. The van der Waals surface area contributed by atoms with Crippen LogP contribution in [0.2, 0.25) is 0 Å². The third-order valence-electron chi connectivity index (χ3n) is 4.07. The fourth-order valence-corrected chi connectivity index (χ4v) is 2.99. The van der Waals surface area contributed by atoms with Crippen molar-refractivity contribution in [3.05, 3.63) is 0 Å². The van der Waals surface area contributed by atoms with Gasteiger partial charge >= 0.3 is 0 Å². The maximum absolute atomic E-state index is 11.8. The van der Waals surface area contributed by atoms with Gasteiger partial charge in [-0.2, -0.15) is 0 Å². The number of nitrogens with zero attached hydrogens (tertiary/aromatic N) is 1. The Morgan fingerprint density at radius 1 is 1.00 bits per heavy atom. The van der Waals surface area contributed by atoms with Gasteiger partial charge in [-0.05, 0) is 38.8 Å². The summed E-state index contributed by atoms with van der Waals surface area (Å²) in [4.78, 5) is 14.3. The normalized spacial score (nSPS) is 23.5. The first-order valence-corrected chi connectivity index (χ1v) is 7.36. The van der Waals surface area contributed by atoms with Crippen LogP contribution in [0.4, 0.5) is 0 Å². The second-order valence-corrected chi connectivity index (χ2v) is 5.55. The molecule has 0 spiro atoms. The van der Waals surface area contributed by atoms with E-state index in [4.69, 9.17) is 0 Å². The zero-order chi connectivity index (χ0) is 11.9.